The van der Waals surface area contributed by atoms with Gasteiger partial charge in [0.25, 0.3) is 0 Å². The van der Waals surface area contributed by atoms with Crippen molar-refractivity contribution < 1.29 is 4.74 Å². The first-order valence-electron chi connectivity index (χ1n) is 6.96. The highest BCUT2D eigenvalue weighted by Crippen LogP contribution is 2.18. The van der Waals surface area contributed by atoms with Crippen LogP contribution in [0.3, 0.4) is 0 Å². The Morgan fingerprint density at radius 2 is 2.44 bits per heavy atom. The summed E-state index contributed by atoms with van der Waals surface area (Å²) >= 11 is 0. The van der Waals surface area contributed by atoms with E-state index in [4.69, 9.17) is 10.5 Å². The van der Waals surface area contributed by atoms with E-state index < -0.39 is 0 Å². The van der Waals surface area contributed by atoms with Crippen LogP contribution in [0, 0.1) is 0 Å². The number of hydrogen-bond acceptors (Lipinski definition) is 5. The van der Waals surface area contributed by atoms with Gasteiger partial charge >= 0.3 is 0 Å². The molecule has 1 heterocycles. The van der Waals surface area contributed by atoms with E-state index in [9.17, 15) is 0 Å². The molecule has 5 nitrogen and oxygen atoms in total. The summed E-state index contributed by atoms with van der Waals surface area (Å²) in [6, 6.07) is 0.616. The molecule has 1 fully saturated rings. The van der Waals surface area contributed by atoms with Crippen molar-refractivity contribution in [1.29, 1.82) is 0 Å². The maximum atomic E-state index is 6.14. The molecule has 104 valence electrons. The molecule has 0 aromatic carbocycles. The highest BCUT2D eigenvalue weighted by Gasteiger charge is 2.23. The highest BCUT2D eigenvalue weighted by atomic mass is 16.5. The van der Waals surface area contributed by atoms with Crippen molar-refractivity contribution in [1.82, 2.24) is 15.8 Å². The lowest BCUT2D eigenvalue weighted by Gasteiger charge is -2.28. The Bertz CT molecular complexity index is 295. The summed E-state index contributed by atoms with van der Waals surface area (Å²) in [5.74, 6) is 0. The quantitative estimate of drug-likeness (QED) is 0.654. The van der Waals surface area contributed by atoms with Crippen LogP contribution in [0.4, 0.5) is 0 Å². The number of nitrogens with two attached hydrogens (primary N) is 1. The van der Waals surface area contributed by atoms with Crippen molar-refractivity contribution in [3.05, 3.63) is 11.8 Å². The summed E-state index contributed by atoms with van der Waals surface area (Å²) in [4.78, 5) is 0. The van der Waals surface area contributed by atoms with E-state index in [1.807, 2.05) is 0 Å². The third kappa shape index (κ3) is 3.45. The van der Waals surface area contributed by atoms with Crippen molar-refractivity contribution >= 4 is 0 Å². The summed E-state index contributed by atoms with van der Waals surface area (Å²) in [7, 11) is 1.76. The molecular formula is C13H26N4O. The fraction of sp³-hybridized carbons (Fsp3) is 0.846. The number of nitrogens with one attached hydrogen (secondary N) is 2. The van der Waals surface area contributed by atoms with Gasteiger partial charge in [-0.1, -0.05) is 13.0 Å². The van der Waals surface area contributed by atoms with Crippen molar-refractivity contribution in [3.63, 3.8) is 0 Å². The zero-order chi connectivity index (χ0) is 13.0. The van der Waals surface area contributed by atoms with Gasteiger partial charge in [-0.15, -0.1) is 0 Å². The number of rotatable bonds is 5. The first kappa shape index (κ1) is 13.8. The summed E-state index contributed by atoms with van der Waals surface area (Å²) in [6.45, 7) is 5.33. The highest BCUT2D eigenvalue weighted by molar-refractivity contribution is 5.13. The van der Waals surface area contributed by atoms with Gasteiger partial charge in [0.15, 0.2) is 0 Å². The molecule has 0 aromatic rings. The molecule has 0 spiro atoms. The third-order valence-corrected chi connectivity index (χ3v) is 3.90. The van der Waals surface area contributed by atoms with Crippen LogP contribution >= 0.6 is 0 Å². The third-order valence-electron chi connectivity index (χ3n) is 3.90. The van der Waals surface area contributed by atoms with E-state index in [0.717, 1.165) is 32.5 Å². The molecule has 3 atom stereocenters. The average Bonchev–Trinajstić information content (AvgIpc) is 2.85. The smallest absolute Gasteiger partial charge is 0.0625 e. The van der Waals surface area contributed by atoms with Gasteiger partial charge in [-0.05, 0) is 19.3 Å². The van der Waals surface area contributed by atoms with Crippen LogP contribution in [0.1, 0.15) is 26.2 Å². The van der Waals surface area contributed by atoms with Gasteiger partial charge in [0.1, 0.15) is 0 Å². The Morgan fingerprint density at radius 3 is 3.06 bits per heavy atom. The molecule has 18 heavy (non-hydrogen) atoms. The minimum absolute atomic E-state index is 0.0902. The second-order valence-electron chi connectivity index (χ2n) is 5.17. The van der Waals surface area contributed by atoms with E-state index >= 15 is 0 Å². The lowest BCUT2D eigenvalue weighted by molar-refractivity contribution is 0.0887. The largest absolute Gasteiger partial charge is 0.386 e. The lowest BCUT2D eigenvalue weighted by atomic mass is 9.97. The Balaban J connectivity index is 1.75. The van der Waals surface area contributed by atoms with E-state index in [1.54, 1.807) is 7.11 Å². The van der Waals surface area contributed by atoms with E-state index in [0.29, 0.717) is 6.04 Å². The molecule has 1 aliphatic carbocycles. The summed E-state index contributed by atoms with van der Waals surface area (Å²) in [5, 5.41) is 5.76. The first-order chi connectivity index (χ1) is 8.72. The minimum Gasteiger partial charge on any atom is -0.386 e. The monoisotopic (exact) mass is 254 g/mol. The molecule has 0 amide bonds. The van der Waals surface area contributed by atoms with Gasteiger partial charge in [-0.3, -0.25) is 5.43 Å². The molecule has 2 rings (SSSR count). The maximum absolute atomic E-state index is 6.14. The van der Waals surface area contributed by atoms with E-state index in [-0.39, 0.29) is 12.1 Å². The van der Waals surface area contributed by atoms with Crippen molar-refractivity contribution in [2.24, 2.45) is 5.73 Å². The molecule has 0 bridgehead atoms. The molecule has 2 aliphatic rings. The molecule has 1 saturated heterocycles. The molecule has 0 saturated carbocycles. The molecular weight excluding hydrogens is 228 g/mol. The van der Waals surface area contributed by atoms with E-state index in [1.165, 1.54) is 12.1 Å². The average molecular weight is 254 g/mol. The fourth-order valence-electron chi connectivity index (χ4n) is 2.65. The van der Waals surface area contributed by atoms with Crippen LogP contribution in [-0.4, -0.2) is 49.9 Å². The van der Waals surface area contributed by atoms with Crippen molar-refractivity contribution in [2.45, 2.75) is 44.4 Å². The first-order valence-corrected chi connectivity index (χ1v) is 6.96. The fourth-order valence-corrected chi connectivity index (χ4v) is 2.65. The number of nitrogens with zero attached hydrogens (tertiary/aromatic N) is 1. The van der Waals surface area contributed by atoms with Crippen LogP contribution in [-0.2, 0) is 4.74 Å². The Morgan fingerprint density at radius 1 is 1.61 bits per heavy atom. The lowest BCUT2D eigenvalue weighted by Crippen LogP contribution is -2.44. The molecule has 3 unspecified atom stereocenters. The van der Waals surface area contributed by atoms with Crippen molar-refractivity contribution in [3.8, 4) is 0 Å². The Labute approximate surface area is 110 Å². The number of hydrazine groups is 1. The van der Waals surface area contributed by atoms with Crippen LogP contribution in [0.15, 0.2) is 11.8 Å². The summed E-state index contributed by atoms with van der Waals surface area (Å²) < 4.78 is 5.35. The van der Waals surface area contributed by atoms with Crippen LogP contribution in [0.5, 0.6) is 0 Å². The summed E-state index contributed by atoms with van der Waals surface area (Å²) in [6.07, 6.45) is 5.55. The zero-order valence-electron chi connectivity index (χ0n) is 11.5. The van der Waals surface area contributed by atoms with Gasteiger partial charge in [0, 0.05) is 44.5 Å². The molecule has 0 aromatic heterocycles. The topological polar surface area (TPSA) is 62.5 Å². The standard InChI is InChI=1S/C13H26N4O/c1-3-17-7-6-10(16-17)9-15-13-5-4-11(18-2)8-12(13)14/h5,10-12,15-16H,3-4,6-9,14H2,1-2H3. The van der Waals surface area contributed by atoms with Gasteiger partial charge in [-0.25, -0.2) is 5.01 Å². The molecule has 0 radical (unpaired) electrons. The number of ether oxygens (including phenoxy) is 1. The van der Waals surface area contributed by atoms with Gasteiger partial charge < -0.3 is 15.8 Å². The van der Waals surface area contributed by atoms with Crippen LogP contribution < -0.4 is 16.5 Å². The second kappa shape index (κ2) is 6.52. The predicted molar refractivity (Wildman–Crippen MR) is 72.9 cm³/mol. The maximum Gasteiger partial charge on any atom is 0.0625 e. The summed E-state index contributed by atoms with van der Waals surface area (Å²) in [5.41, 5.74) is 10.8. The molecule has 4 N–H and O–H groups in total. The predicted octanol–water partition coefficient (Wildman–Crippen LogP) is 0.195. The van der Waals surface area contributed by atoms with Gasteiger partial charge in [0.2, 0.25) is 0 Å². The molecule has 1 aliphatic heterocycles. The van der Waals surface area contributed by atoms with E-state index in [2.05, 4.69) is 28.8 Å². The molecule has 5 heteroatoms. The van der Waals surface area contributed by atoms with Gasteiger partial charge in [0.05, 0.1) is 6.10 Å². The Kier molecular flexibility index (Phi) is 5.00. The number of methoxy groups -OCH3 is 1. The SMILES string of the molecule is CCN1CCC(CNC2=CCC(OC)CC2N)N1. The number of hydrogen-bond donors (Lipinski definition) is 3. The second-order valence-corrected chi connectivity index (χ2v) is 5.17. The normalized spacial score (nSPS) is 33.5. The van der Waals surface area contributed by atoms with Crippen LogP contribution in [0.25, 0.3) is 0 Å². The van der Waals surface area contributed by atoms with Crippen LogP contribution in [0.2, 0.25) is 0 Å². The van der Waals surface area contributed by atoms with Crippen molar-refractivity contribution in [2.75, 3.05) is 26.7 Å². The zero-order valence-corrected chi connectivity index (χ0v) is 11.5. The minimum atomic E-state index is 0.0902. The van der Waals surface area contributed by atoms with Gasteiger partial charge in [-0.2, -0.15) is 0 Å². The Hall–Kier alpha value is -0.620.